The summed E-state index contributed by atoms with van der Waals surface area (Å²) in [6.45, 7) is 8.38. The van der Waals surface area contributed by atoms with Crippen LogP contribution in [-0.4, -0.2) is 19.6 Å². The summed E-state index contributed by atoms with van der Waals surface area (Å²) in [4.78, 5) is 12.8. The minimum atomic E-state index is -0.186. The third kappa shape index (κ3) is 4.69. The summed E-state index contributed by atoms with van der Waals surface area (Å²) >= 11 is 0. The lowest BCUT2D eigenvalue weighted by atomic mass is 9.99. The molecule has 174 valence electrons. The maximum absolute atomic E-state index is 12.8. The van der Waals surface area contributed by atoms with Gasteiger partial charge in [-0.2, -0.15) is 0 Å². The van der Waals surface area contributed by atoms with Gasteiger partial charge in [0.15, 0.2) is 0 Å². The lowest BCUT2D eigenvalue weighted by Gasteiger charge is -2.12. The van der Waals surface area contributed by atoms with Gasteiger partial charge in [-0.3, -0.25) is 4.79 Å². The summed E-state index contributed by atoms with van der Waals surface area (Å²) in [7, 11) is 1.65. The fraction of sp³-hybridized carbons (Fsp3) is 0.207. The summed E-state index contributed by atoms with van der Waals surface area (Å²) in [5.74, 6) is 1.26. The average Bonchev–Trinajstić information content (AvgIpc) is 3.24. The van der Waals surface area contributed by atoms with Crippen molar-refractivity contribution in [1.82, 2.24) is 0 Å². The number of carbonyl (C=O) groups is 1. The topological polar surface area (TPSA) is 60.7 Å². The van der Waals surface area contributed by atoms with Crippen LogP contribution in [0.25, 0.3) is 27.7 Å². The third-order valence-corrected chi connectivity index (χ3v) is 5.99. The minimum absolute atomic E-state index is 0.186. The van der Waals surface area contributed by atoms with Crippen molar-refractivity contribution < 1.29 is 18.7 Å². The van der Waals surface area contributed by atoms with Gasteiger partial charge in [0, 0.05) is 34.3 Å². The molecule has 4 rings (SSSR count). The molecule has 3 aromatic carbocycles. The van der Waals surface area contributed by atoms with Crippen molar-refractivity contribution in [3.05, 3.63) is 83.6 Å². The fourth-order valence-corrected chi connectivity index (χ4v) is 3.98. The van der Waals surface area contributed by atoms with Gasteiger partial charge in [-0.15, -0.1) is 0 Å². The molecule has 4 aromatic rings. The first-order chi connectivity index (χ1) is 16.4. The van der Waals surface area contributed by atoms with Gasteiger partial charge in [0.05, 0.1) is 20.0 Å². The number of fused-ring (bicyclic) bond motifs is 1. The molecular weight excluding hydrogens is 426 g/mol. The molecule has 5 heteroatoms. The highest BCUT2D eigenvalue weighted by Gasteiger charge is 2.16. The predicted molar refractivity (Wildman–Crippen MR) is 138 cm³/mol. The van der Waals surface area contributed by atoms with Gasteiger partial charge in [-0.1, -0.05) is 24.3 Å². The van der Waals surface area contributed by atoms with Crippen LogP contribution in [-0.2, 0) is 4.79 Å². The van der Waals surface area contributed by atoms with Gasteiger partial charge in [0.1, 0.15) is 17.1 Å². The number of benzene rings is 3. The molecule has 0 fully saturated rings. The van der Waals surface area contributed by atoms with Gasteiger partial charge < -0.3 is 19.2 Å². The molecule has 1 aromatic heterocycles. The lowest BCUT2D eigenvalue weighted by Crippen LogP contribution is -2.10. The van der Waals surface area contributed by atoms with E-state index in [2.05, 4.69) is 5.32 Å². The number of amides is 1. The largest absolute Gasteiger partial charge is 0.497 e. The quantitative estimate of drug-likeness (QED) is 0.300. The molecule has 5 nitrogen and oxygen atoms in total. The van der Waals surface area contributed by atoms with E-state index in [1.165, 1.54) is 0 Å². The SMILES string of the molecule is CCOc1cc2occ(-c3cccc(OC)c3)c2cc1/C(C)=C/C(=O)Nc1cccc(C)c1C. The van der Waals surface area contributed by atoms with E-state index in [0.717, 1.165) is 55.8 Å². The number of allylic oxidation sites excluding steroid dienone is 1. The van der Waals surface area contributed by atoms with E-state index in [1.54, 1.807) is 19.4 Å². The summed E-state index contributed by atoms with van der Waals surface area (Å²) in [6.07, 6.45) is 3.35. The van der Waals surface area contributed by atoms with E-state index in [-0.39, 0.29) is 5.91 Å². The van der Waals surface area contributed by atoms with Crippen molar-refractivity contribution in [2.45, 2.75) is 27.7 Å². The van der Waals surface area contributed by atoms with Crippen molar-refractivity contribution in [2.24, 2.45) is 0 Å². The number of methoxy groups -OCH3 is 1. The smallest absolute Gasteiger partial charge is 0.248 e. The Balaban J connectivity index is 1.74. The standard InChI is InChI=1S/C29H29NO4/c1-6-33-27-16-28-24(25(17-34-28)21-10-8-11-22(14-21)32-5)15-23(27)19(3)13-29(31)30-26-12-7-9-18(2)20(26)4/h7-17H,6H2,1-5H3,(H,30,31)/b19-13+. The van der Waals surface area contributed by atoms with E-state index in [1.807, 2.05) is 82.3 Å². The Morgan fingerprint density at radius 3 is 2.65 bits per heavy atom. The number of hydrogen-bond donors (Lipinski definition) is 1. The Hall–Kier alpha value is -3.99. The Labute approximate surface area is 200 Å². The van der Waals surface area contributed by atoms with Gasteiger partial charge in [-0.25, -0.2) is 0 Å². The molecule has 0 unspecified atom stereocenters. The van der Waals surface area contributed by atoms with Crippen molar-refractivity contribution in [1.29, 1.82) is 0 Å². The van der Waals surface area contributed by atoms with Crippen LogP contribution in [0, 0.1) is 13.8 Å². The van der Waals surface area contributed by atoms with Gasteiger partial charge in [0.2, 0.25) is 5.91 Å². The minimum Gasteiger partial charge on any atom is -0.497 e. The third-order valence-electron chi connectivity index (χ3n) is 5.99. The molecule has 1 heterocycles. The van der Waals surface area contributed by atoms with Crippen LogP contribution in [0.2, 0.25) is 0 Å². The van der Waals surface area contributed by atoms with Crippen LogP contribution in [0.1, 0.15) is 30.5 Å². The number of carbonyl (C=O) groups excluding carboxylic acids is 1. The van der Waals surface area contributed by atoms with Crippen LogP contribution in [0.3, 0.4) is 0 Å². The fourth-order valence-electron chi connectivity index (χ4n) is 3.98. The number of aryl methyl sites for hydroxylation is 1. The van der Waals surface area contributed by atoms with Crippen LogP contribution in [0.15, 0.2) is 71.4 Å². The highest BCUT2D eigenvalue weighted by Crippen LogP contribution is 2.38. The second-order valence-corrected chi connectivity index (χ2v) is 8.22. The molecule has 0 bridgehead atoms. The zero-order valence-electron chi connectivity index (χ0n) is 20.2. The molecule has 0 spiro atoms. The van der Waals surface area contributed by atoms with Crippen LogP contribution in [0.4, 0.5) is 5.69 Å². The molecule has 34 heavy (non-hydrogen) atoms. The number of ether oxygens (including phenoxy) is 2. The highest BCUT2D eigenvalue weighted by molar-refractivity contribution is 6.05. The number of anilines is 1. The molecule has 1 amide bonds. The van der Waals surface area contributed by atoms with Crippen molar-refractivity contribution in [3.63, 3.8) is 0 Å². The second-order valence-electron chi connectivity index (χ2n) is 8.22. The lowest BCUT2D eigenvalue weighted by molar-refractivity contribution is -0.111. The van der Waals surface area contributed by atoms with E-state index in [9.17, 15) is 4.79 Å². The molecule has 1 N–H and O–H groups in total. The van der Waals surface area contributed by atoms with E-state index in [4.69, 9.17) is 13.9 Å². The average molecular weight is 456 g/mol. The number of nitrogens with one attached hydrogen (secondary N) is 1. The van der Waals surface area contributed by atoms with Gasteiger partial charge in [-0.05, 0) is 74.2 Å². The molecule has 0 aliphatic carbocycles. The summed E-state index contributed by atoms with van der Waals surface area (Å²) in [5, 5.41) is 3.94. The van der Waals surface area contributed by atoms with Crippen LogP contribution < -0.4 is 14.8 Å². The van der Waals surface area contributed by atoms with E-state index in [0.29, 0.717) is 12.4 Å². The normalized spacial score (nSPS) is 11.5. The first-order valence-electron chi connectivity index (χ1n) is 11.3. The van der Waals surface area contributed by atoms with Crippen LogP contribution >= 0.6 is 0 Å². The molecule has 0 saturated heterocycles. The van der Waals surface area contributed by atoms with Crippen molar-refractivity contribution in [2.75, 3.05) is 19.0 Å². The van der Waals surface area contributed by atoms with E-state index >= 15 is 0 Å². The van der Waals surface area contributed by atoms with Crippen molar-refractivity contribution in [3.8, 4) is 22.6 Å². The van der Waals surface area contributed by atoms with Gasteiger partial charge >= 0.3 is 0 Å². The monoisotopic (exact) mass is 455 g/mol. The zero-order valence-corrected chi connectivity index (χ0v) is 20.2. The maximum Gasteiger partial charge on any atom is 0.248 e. The number of hydrogen-bond acceptors (Lipinski definition) is 4. The van der Waals surface area contributed by atoms with Crippen LogP contribution in [0.5, 0.6) is 11.5 Å². The molecule has 0 atom stereocenters. The Kier molecular flexibility index (Phi) is 6.73. The van der Waals surface area contributed by atoms with E-state index < -0.39 is 0 Å². The first kappa shape index (κ1) is 23.2. The molecular formula is C29H29NO4. The van der Waals surface area contributed by atoms with Crippen molar-refractivity contribution >= 4 is 28.1 Å². The zero-order chi connectivity index (χ0) is 24.2. The highest BCUT2D eigenvalue weighted by atomic mass is 16.5. The number of furan rings is 1. The predicted octanol–water partition coefficient (Wildman–Crippen LogP) is 7.17. The Morgan fingerprint density at radius 2 is 1.88 bits per heavy atom. The summed E-state index contributed by atoms with van der Waals surface area (Å²) in [5.41, 5.74) is 7.30. The Morgan fingerprint density at radius 1 is 1.09 bits per heavy atom. The molecule has 0 saturated carbocycles. The summed E-state index contributed by atoms with van der Waals surface area (Å²) < 4.78 is 17.1. The maximum atomic E-state index is 12.8. The Bertz CT molecular complexity index is 1380. The molecule has 0 aliphatic rings. The first-order valence-corrected chi connectivity index (χ1v) is 11.3. The molecule has 0 radical (unpaired) electrons. The number of rotatable bonds is 7. The van der Waals surface area contributed by atoms with Gasteiger partial charge in [0.25, 0.3) is 0 Å². The molecule has 0 aliphatic heterocycles. The summed E-state index contributed by atoms with van der Waals surface area (Å²) in [6, 6.07) is 17.6. The second kappa shape index (κ2) is 9.87.